The Morgan fingerprint density at radius 1 is 1.29 bits per heavy atom. The molecule has 3 heterocycles. The van der Waals surface area contributed by atoms with Crippen LogP contribution in [-0.2, 0) is 6.54 Å². The average Bonchev–Trinajstić information content (AvgIpc) is 3.04. The number of aromatic nitrogens is 2. The van der Waals surface area contributed by atoms with E-state index in [0.29, 0.717) is 12.2 Å². The highest BCUT2D eigenvalue weighted by Gasteiger charge is 2.31. The second-order valence-electron chi connectivity index (χ2n) is 5.19. The molecular weight excluding hydrogens is 264 g/mol. The number of hydrogen-bond acceptors (Lipinski definition) is 4. The minimum absolute atomic E-state index is 0.0158. The molecule has 1 saturated heterocycles. The van der Waals surface area contributed by atoms with Gasteiger partial charge in [-0.15, -0.1) is 0 Å². The third-order valence-corrected chi connectivity index (χ3v) is 3.88. The number of pyridine rings is 2. The lowest BCUT2D eigenvalue weighted by Gasteiger charge is -2.24. The number of nitrogens with two attached hydrogens (primary N) is 1. The molecule has 2 aromatic rings. The summed E-state index contributed by atoms with van der Waals surface area (Å²) in [5, 5.41) is 0. The minimum atomic E-state index is -0.0158. The largest absolute Gasteiger partial charge is 0.330 e. The molecule has 2 aromatic heterocycles. The summed E-state index contributed by atoms with van der Waals surface area (Å²) in [5.74, 6) is -0.0158. The van der Waals surface area contributed by atoms with Gasteiger partial charge in [-0.25, -0.2) is 0 Å². The maximum atomic E-state index is 12.6. The molecular formula is C16H18N4O. The Kier molecular flexibility index (Phi) is 3.92. The van der Waals surface area contributed by atoms with E-state index in [2.05, 4.69) is 9.97 Å². The van der Waals surface area contributed by atoms with Gasteiger partial charge in [-0.05, 0) is 42.2 Å². The Morgan fingerprint density at radius 2 is 2.10 bits per heavy atom. The summed E-state index contributed by atoms with van der Waals surface area (Å²) < 4.78 is 0. The van der Waals surface area contributed by atoms with Crippen LogP contribution < -0.4 is 5.73 Å². The number of likely N-dealkylation sites (tertiary alicyclic amines) is 1. The summed E-state index contributed by atoms with van der Waals surface area (Å²) in [6.07, 6.45) is 7.20. The van der Waals surface area contributed by atoms with Gasteiger partial charge in [0.2, 0.25) is 0 Å². The Hall–Kier alpha value is -2.27. The van der Waals surface area contributed by atoms with Crippen LogP contribution in [0.1, 0.15) is 40.5 Å². The molecule has 5 nitrogen and oxygen atoms in total. The fourth-order valence-electron chi connectivity index (χ4n) is 2.76. The quantitative estimate of drug-likeness (QED) is 0.933. The number of rotatable bonds is 3. The van der Waals surface area contributed by atoms with Crippen LogP contribution in [0.2, 0.25) is 0 Å². The van der Waals surface area contributed by atoms with Gasteiger partial charge in [-0.3, -0.25) is 14.8 Å². The molecule has 0 saturated carbocycles. The second kappa shape index (κ2) is 6.01. The highest BCUT2D eigenvalue weighted by molar-refractivity contribution is 5.92. The molecule has 3 rings (SSSR count). The molecule has 2 N–H and O–H groups in total. The van der Waals surface area contributed by atoms with Gasteiger partial charge in [0.15, 0.2) is 0 Å². The predicted octanol–water partition coefficient (Wildman–Crippen LogP) is 1.91. The number of nitrogens with zero attached hydrogens (tertiary/aromatic N) is 3. The van der Waals surface area contributed by atoms with E-state index >= 15 is 0 Å². The summed E-state index contributed by atoms with van der Waals surface area (Å²) in [4.78, 5) is 22.8. The molecule has 0 bridgehead atoms. The van der Waals surface area contributed by atoms with Crippen molar-refractivity contribution < 1.29 is 4.79 Å². The van der Waals surface area contributed by atoms with Crippen molar-refractivity contribution in [3.8, 4) is 0 Å². The number of carbonyl (C=O) groups is 1. The third kappa shape index (κ3) is 2.78. The summed E-state index contributed by atoms with van der Waals surface area (Å²) >= 11 is 0. The van der Waals surface area contributed by atoms with Gasteiger partial charge in [-0.2, -0.15) is 0 Å². The third-order valence-electron chi connectivity index (χ3n) is 3.88. The van der Waals surface area contributed by atoms with E-state index in [9.17, 15) is 4.79 Å². The summed E-state index contributed by atoms with van der Waals surface area (Å²) in [7, 11) is 0. The zero-order valence-electron chi connectivity index (χ0n) is 11.8. The van der Waals surface area contributed by atoms with Gasteiger partial charge < -0.3 is 10.6 Å². The monoisotopic (exact) mass is 282 g/mol. The van der Waals surface area contributed by atoms with Crippen molar-refractivity contribution in [3.05, 3.63) is 59.7 Å². The van der Waals surface area contributed by atoms with E-state index in [4.69, 9.17) is 5.73 Å². The molecule has 1 unspecified atom stereocenters. The Bertz CT molecular complexity index is 612. The standard InChI is InChI=1S/C16H18N4O/c17-10-12-3-4-14(19-11-12)16(21)20-9-1-2-15(20)13-5-7-18-8-6-13/h3-8,11,15H,1-2,9-10,17H2. The first-order valence-corrected chi connectivity index (χ1v) is 7.15. The molecule has 0 spiro atoms. The number of carbonyl (C=O) groups excluding carboxylic acids is 1. The molecule has 108 valence electrons. The van der Waals surface area contributed by atoms with E-state index in [0.717, 1.165) is 30.5 Å². The molecule has 1 atom stereocenters. The predicted molar refractivity (Wildman–Crippen MR) is 79.4 cm³/mol. The van der Waals surface area contributed by atoms with E-state index in [1.165, 1.54) is 0 Å². The normalized spacial score (nSPS) is 18.0. The van der Waals surface area contributed by atoms with Crippen LogP contribution in [-0.4, -0.2) is 27.3 Å². The van der Waals surface area contributed by atoms with Crippen molar-refractivity contribution >= 4 is 5.91 Å². The maximum absolute atomic E-state index is 12.6. The first-order chi connectivity index (χ1) is 10.3. The summed E-state index contributed by atoms with van der Waals surface area (Å²) in [6.45, 7) is 1.21. The van der Waals surface area contributed by atoms with Crippen LogP contribution in [0.25, 0.3) is 0 Å². The van der Waals surface area contributed by atoms with Crippen molar-refractivity contribution in [3.63, 3.8) is 0 Å². The van der Waals surface area contributed by atoms with Crippen LogP contribution in [0.3, 0.4) is 0 Å². The lowest BCUT2D eigenvalue weighted by Crippen LogP contribution is -2.31. The van der Waals surface area contributed by atoms with Gasteiger partial charge in [0, 0.05) is 31.7 Å². The van der Waals surface area contributed by atoms with E-state index in [1.54, 1.807) is 24.7 Å². The lowest BCUT2D eigenvalue weighted by atomic mass is 10.1. The van der Waals surface area contributed by atoms with Crippen LogP contribution >= 0.6 is 0 Å². The van der Waals surface area contributed by atoms with Crippen LogP contribution in [0.15, 0.2) is 42.9 Å². The molecule has 0 aromatic carbocycles. The molecule has 0 aliphatic carbocycles. The smallest absolute Gasteiger partial charge is 0.272 e. The summed E-state index contributed by atoms with van der Waals surface area (Å²) in [5.41, 5.74) is 8.10. The van der Waals surface area contributed by atoms with Gasteiger partial charge in [0.25, 0.3) is 5.91 Å². The summed E-state index contributed by atoms with van der Waals surface area (Å²) in [6, 6.07) is 7.68. The Labute approximate surface area is 123 Å². The zero-order chi connectivity index (χ0) is 14.7. The highest BCUT2D eigenvalue weighted by Crippen LogP contribution is 2.32. The van der Waals surface area contributed by atoms with Crippen LogP contribution in [0, 0.1) is 0 Å². The van der Waals surface area contributed by atoms with Crippen LogP contribution in [0.5, 0.6) is 0 Å². The van der Waals surface area contributed by atoms with Crippen molar-refractivity contribution in [2.75, 3.05) is 6.54 Å². The van der Waals surface area contributed by atoms with Crippen molar-refractivity contribution in [2.45, 2.75) is 25.4 Å². The number of amides is 1. The van der Waals surface area contributed by atoms with Gasteiger partial charge >= 0.3 is 0 Å². The zero-order valence-corrected chi connectivity index (χ0v) is 11.8. The SMILES string of the molecule is NCc1ccc(C(=O)N2CCCC2c2ccncc2)nc1. The first kappa shape index (κ1) is 13.7. The first-order valence-electron chi connectivity index (χ1n) is 7.15. The van der Waals surface area contributed by atoms with E-state index < -0.39 is 0 Å². The Morgan fingerprint density at radius 3 is 2.76 bits per heavy atom. The lowest BCUT2D eigenvalue weighted by molar-refractivity contribution is 0.0729. The fourth-order valence-corrected chi connectivity index (χ4v) is 2.76. The van der Waals surface area contributed by atoms with Crippen LogP contribution in [0.4, 0.5) is 0 Å². The highest BCUT2D eigenvalue weighted by atomic mass is 16.2. The topological polar surface area (TPSA) is 72.1 Å². The van der Waals surface area contributed by atoms with Gasteiger partial charge in [0.05, 0.1) is 6.04 Å². The average molecular weight is 282 g/mol. The van der Waals surface area contributed by atoms with E-state index in [-0.39, 0.29) is 11.9 Å². The molecule has 5 heteroatoms. The molecule has 21 heavy (non-hydrogen) atoms. The number of hydrogen-bond donors (Lipinski definition) is 1. The van der Waals surface area contributed by atoms with Crippen molar-refractivity contribution in [1.82, 2.24) is 14.9 Å². The second-order valence-corrected chi connectivity index (χ2v) is 5.19. The molecule has 0 radical (unpaired) electrons. The molecule has 1 amide bonds. The minimum Gasteiger partial charge on any atom is -0.330 e. The molecule has 1 aliphatic heterocycles. The maximum Gasteiger partial charge on any atom is 0.272 e. The Balaban J connectivity index is 1.82. The van der Waals surface area contributed by atoms with Gasteiger partial charge in [0.1, 0.15) is 5.69 Å². The van der Waals surface area contributed by atoms with Crippen molar-refractivity contribution in [2.24, 2.45) is 5.73 Å². The van der Waals surface area contributed by atoms with Crippen molar-refractivity contribution in [1.29, 1.82) is 0 Å². The van der Waals surface area contributed by atoms with Gasteiger partial charge in [-0.1, -0.05) is 6.07 Å². The fraction of sp³-hybridized carbons (Fsp3) is 0.312. The molecule has 1 fully saturated rings. The van der Waals surface area contributed by atoms with E-state index in [1.807, 2.05) is 23.1 Å². The molecule has 1 aliphatic rings.